The van der Waals surface area contributed by atoms with Crippen LogP contribution in [0, 0.1) is 0 Å². The quantitative estimate of drug-likeness (QED) is 0.710. The van der Waals surface area contributed by atoms with Crippen molar-refractivity contribution < 1.29 is 4.42 Å². The van der Waals surface area contributed by atoms with Gasteiger partial charge in [-0.25, -0.2) is 10.3 Å². The molecule has 15 heavy (non-hydrogen) atoms. The molecule has 2 aromatic rings. The first kappa shape index (κ1) is 8.92. The number of oxazole rings is 1. The Kier molecular flexibility index (Phi) is 1.99. The molecule has 1 aliphatic heterocycles. The summed E-state index contributed by atoms with van der Waals surface area (Å²) in [4.78, 5) is 4.17. The molecular weight excluding hydrogens is 188 g/mol. The molecule has 1 saturated heterocycles. The van der Waals surface area contributed by atoms with E-state index < -0.39 is 0 Å². The Morgan fingerprint density at radius 2 is 2.33 bits per heavy atom. The molecule has 2 atom stereocenters. The van der Waals surface area contributed by atoms with Gasteiger partial charge in [-0.3, -0.25) is 0 Å². The van der Waals surface area contributed by atoms with Crippen LogP contribution in [0.1, 0.15) is 24.8 Å². The highest BCUT2D eigenvalue weighted by molar-refractivity contribution is 5.73. The molecule has 3 rings (SSSR count). The van der Waals surface area contributed by atoms with Crippen LogP contribution in [0.4, 0.5) is 0 Å². The van der Waals surface area contributed by atoms with Crippen LogP contribution in [0.2, 0.25) is 0 Å². The molecule has 0 amide bonds. The minimum Gasteiger partial charge on any atom is -0.443 e. The van der Waals surface area contributed by atoms with Crippen LogP contribution in [0.25, 0.3) is 11.1 Å². The maximum atomic E-state index is 5.22. The number of aromatic nitrogens is 1. The second-order valence-corrected chi connectivity index (χ2v) is 4.23. The summed E-state index contributed by atoms with van der Waals surface area (Å²) in [6.45, 7) is 3.12. The van der Waals surface area contributed by atoms with Gasteiger partial charge >= 0.3 is 0 Å². The van der Waals surface area contributed by atoms with Gasteiger partial charge in [0, 0.05) is 12.6 Å². The number of rotatable bonds is 1. The minimum absolute atomic E-state index is 0.503. The monoisotopic (exact) mass is 201 g/mol. The van der Waals surface area contributed by atoms with Crippen molar-refractivity contribution in [3.05, 3.63) is 30.2 Å². The van der Waals surface area contributed by atoms with Crippen molar-refractivity contribution in [1.29, 1.82) is 0 Å². The highest BCUT2D eigenvalue weighted by Crippen LogP contribution is 2.28. The van der Waals surface area contributed by atoms with E-state index in [1.165, 1.54) is 12.0 Å². The van der Waals surface area contributed by atoms with Crippen molar-refractivity contribution in [1.82, 2.24) is 10.3 Å². The van der Waals surface area contributed by atoms with Crippen LogP contribution in [0.3, 0.4) is 0 Å². The smallest absolute Gasteiger partial charge is 0.181 e. The Morgan fingerprint density at radius 3 is 3.13 bits per heavy atom. The van der Waals surface area contributed by atoms with Crippen LogP contribution < -0.4 is 5.32 Å². The highest BCUT2D eigenvalue weighted by Gasteiger charge is 2.23. The Balaban J connectivity index is 1.97. The molecule has 2 heterocycles. The normalized spacial score (nSPS) is 26.2. The number of nitrogens with zero attached hydrogens (tertiary/aromatic N) is 2. The first-order valence-corrected chi connectivity index (χ1v) is 5.32. The molecule has 0 bridgehead atoms. The molecule has 1 fully saturated rings. The van der Waals surface area contributed by atoms with Gasteiger partial charge in [-0.2, -0.15) is 0 Å². The Labute approximate surface area is 88.5 Å². The molecule has 77 valence electrons. The van der Waals surface area contributed by atoms with Gasteiger partial charge in [0.15, 0.2) is 12.0 Å². The van der Waals surface area contributed by atoms with E-state index in [0.29, 0.717) is 12.0 Å². The van der Waals surface area contributed by atoms with Gasteiger partial charge < -0.3 is 4.42 Å². The zero-order valence-electron chi connectivity index (χ0n) is 8.68. The Bertz CT molecular complexity index is 477. The molecular formula is C12H13N2O. The number of hydrogen-bond donors (Lipinski definition) is 0. The Hall–Kier alpha value is -1.35. The summed E-state index contributed by atoms with van der Waals surface area (Å²) in [5.74, 6) is 0.570. The molecule has 2 unspecified atom stereocenters. The molecule has 0 saturated carbocycles. The molecule has 1 radical (unpaired) electrons. The van der Waals surface area contributed by atoms with Crippen LogP contribution >= 0.6 is 0 Å². The SMILES string of the molecule is CC1CC(c2ccc3ocnc3c2)C[N]1. The molecule has 0 N–H and O–H groups in total. The molecule has 0 aliphatic carbocycles. The Morgan fingerprint density at radius 1 is 1.40 bits per heavy atom. The van der Waals surface area contributed by atoms with E-state index in [1.54, 1.807) is 0 Å². The van der Waals surface area contributed by atoms with Crippen molar-refractivity contribution in [2.45, 2.75) is 25.3 Å². The van der Waals surface area contributed by atoms with Gasteiger partial charge in [0.05, 0.1) is 0 Å². The molecule has 1 aromatic heterocycles. The lowest BCUT2D eigenvalue weighted by atomic mass is 9.96. The van der Waals surface area contributed by atoms with E-state index in [9.17, 15) is 0 Å². The zero-order chi connectivity index (χ0) is 10.3. The predicted molar refractivity (Wildman–Crippen MR) is 57.8 cm³/mol. The summed E-state index contributed by atoms with van der Waals surface area (Å²) in [7, 11) is 0. The minimum atomic E-state index is 0.503. The van der Waals surface area contributed by atoms with Crippen molar-refractivity contribution in [3.8, 4) is 0 Å². The fourth-order valence-electron chi connectivity index (χ4n) is 2.24. The average Bonchev–Trinajstić information content (AvgIpc) is 2.84. The van der Waals surface area contributed by atoms with Crippen molar-refractivity contribution >= 4 is 11.1 Å². The van der Waals surface area contributed by atoms with Gasteiger partial charge in [-0.15, -0.1) is 0 Å². The van der Waals surface area contributed by atoms with E-state index in [0.717, 1.165) is 24.1 Å². The third-order valence-electron chi connectivity index (χ3n) is 3.09. The van der Waals surface area contributed by atoms with E-state index >= 15 is 0 Å². The van der Waals surface area contributed by atoms with Gasteiger partial charge in [-0.05, 0) is 37.0 Å². The first-order valence-electron chi connectivity index (χ1n) is 5.32. The lowest BCUT2D eigenvalue weighted by Crippen LogP contribution is -2.07. The number of hydrogen-bond acceptors (Lipinski definition) is 2. The topological polar surface area (TPSA) is 40.1 Å². The fraction of sp³-hybridized carbons (Fsp3) is 0.417. The summed E-state index contributed by atoms with van der Waals surface area (Å²) >= 11 is 0. The van der Waals surface area contributed by atoms with Gasteiger partial charge in [0.2, 0.25) is 0 Å². The second kappa shape index (κ2) is 3.35. The zero-order valence-corrected chi connectivity index (χ0v) is 8.68. The van der Waals surface area contributed by atoms with Crippen LogP contribution in [-0.4, -0.2) is 17.6 Å². The summed E-state index contributed by atoms with van der Waals surface area (Å²) < 4.78 is 5.22. The number of fused-ring (bicyclic) bond motifs is 1. The van der Waals surface area contributed by atoms with Crippen LogP contribution in [-0.2, 0) is 0 Å². The number of benzene rings is 1. The van der Waals surface area contributed by atoms with E-state index in [-0.39, 0.29) is 0 Å². The maximum absolute atomic E-state index is 5.22. The van der Waals surface area contributed by atoms with Crippen molar-refractivity contribution in [2.75, 3.05) is 6.54 Å². The summed E-state index contributed by atoms with van der Waals surface area (Å²) in [5.41, 5.74) is 3.15. The third kappa shape index (κ3) is 1.53. The van der Waals surface area contributed by atoms with Crippen LogP contribution in [0.15, 0.2) is 29.0 Å². The largest absolute Gasteiger partial charge is 0.443 e. The van der Waals surface area contributed by atoms with Gasteiger partial charge in [-0.1, -0.05) is 6.07 Å². The second-order valence-electron chi connectivity index (χ2n) is 4.23. The lowest BCUT2D eigenvalue weighted by molar-refractivity contribution is 0.602. The fourth-order valence-corrected chi connectivity index (χ4v) is 2.24. The summed E-state index contributed by atoms with van der Waals surface area (Å²) in [6.07, 6.45) is 2.65. The van der Waals surface area contributed by atoms with Crippen LogP contribution in [0.5, 0.6) is 0 Å². The van der Waals surface area contributed by atoms with Gasteiger partial charge in [0.25, 0.3) is 0 Å². The molecule has 0 spiro atoms. The van der Waals surface area contributed by atoms with Crippen molar-refractivity contribution in [2.24, 2.45) is 0 Å². The van der Waals surface area contributed by atoms with E-state index in [2.05, 4.69) is 29.4 Å². The van der Waals surface area contributed by atoms with E-state index in [1.807, 2.05) is 6.07 Å². The molecule has 3 nitrogen and oxygen atoms in total. The summed E-state index contributed by atoms with van der Waals surface area (Å²) in [6, 6.07) is 6.76. The third-order valence-corrected chi connectivity index (χ3v) is 3.09. The molecule has 1 aliphatic rings. The summed E-state index contributed by atoms with van der Waals surface area (Å²) in [5, 5.41) is 4.52. The maximum Gasteiger partial charge on any atom is 0.181 e. The highest BCUT2D eigenvalue weighted by atomic mass is 16.3. The molecule has 1 aromatic carbocycles. The molecule has 3 heteroatoms. The average molecular weight is 201 g/mol. The van der Waals surface area contributed by atoms with E-state index in [4.69, 9.17) is 4.42 Å². The standard InChI is InChI=1S/C12H13N2O/c1-8-4-10(6-13-8)9-2-3-12-11(5-9)14-7-15-12/h2-3,5,7-8,10H,4,6H2,1H3. The first-order chi connectivity index (χ1) is 7.33. The van der Waals surface area contributed by atoms with Gasteiger partial charge in [0.1, 0.15) is 5.52 Å². The van der Waals surface area contributed by atoms with Crippen molar-refractivity contribution in [3.63, 3.8) is 0 Å². The predicted octanol–water partition coefficient (Wildman–Crippen LogP) is 2.31. The lowest BCUT2D eigenvalue weighted by Gasteiger charge is -2.07.